The fraction of sp³-hybridized carbons (Fsp3) is 0.353. The Morgan fingerprint density at radius 2 is 2.21 bits per heavy atom. The van der Waals surface area contributed by atoms with Gasteiger partial charge in [0.2, 0.25) is 5.89 Å². The molecule has 0 aromatic carbocycles. The highest BCUT2D eigenvalue weighted by atomic mass is 32.1. The number of nitrogens with one attached hydrogen (secondary N) is 1. The first-order valence-corrected chi connectivity index (χ1v) is 8.53. The lowest BCUT2D eigenvalue weighted by Gasteiger charge is -2.13. The van der Waals surface area contributed by atoms with Crippen LogP contribution in [0.4, 0.5) is 0 Å². The average molecular weight is 344 g/mol. The number of aromatic nitrogens is 3. The van der Waals surface area contributed by atoms with E-state index in [-0.39, 0.29) is 11.3 Å². The normalized spacial score (nSPS) is 11.7. The summed E-state index contributed by atoms with van der Waals surface area (Å²) in [5.74, 6) is 0.394. The summed E-state index contributed by atoms with van der Waals surface area (Å²) in [6.07, 6.45) is 1.57. The summed E-state index contributed by atoms with van der Waals surface area (Å²) < 4.78 is 7.06. The molecular formula is C17H20N4O2S. The van der Waals surface area contributed by atoms with Crippen molar-refractivity contribution in [3.8, 4) is 10.8 Å². The van der Waals surface area contributed by atoms with E-state index in [2.05, 4.69) is 36.2 Å². The van der Waals surface area contributed by atoms with Crippen molar-refractivity contribution < 1.29 is 9.21 Å². The SMILES string of the molecule is Cn1nc(C(C)(C)C)cc1C(=O)NCc1coc(-c2cccs2)n1. The molecule has 3 aromatic rings. The second-order valence-electron chi connectivity index (χ2n) is 6.59. The zero-order valence-electron chi connectivity index (χ0n) is 14.2. The molecule has 6 nitrogen and oxygen atoms in total. The molecule has 24 heavy (non-hydrogen) atoms. The van der Waals surface area contributed by atoms with Crippen LogP contribution in [0.5, 0.6) is 0 Å². The van der Waals surface area contributed by atoms with Crippen LogP contribution in [0.1, 0.15) is 42.6 Å². The first-order valence-electron chi connectivity index (χ1n) is 7.65. The summed E-state index contributed by atoms with van der Waals surface area (Å²) in [7, 11) is 1.77. The predicted octanol–water partition coefficient (Wildman–Crippen LogP) is 3.36. The van der Waals surface area contributed by atoms with Gasteiger partial charge in [-0.25, -0.2) is 4.98 Å². The fourth-order valence-electron chi connectivity index (χ4n) is 2.21. The third-order valence-corrected chi connectivity index (χ3v) is 4.45. The molecule has 1 amide bonds. The summed E-state index contributed by atoms with van der Waals surface area (Å²) in [4.78, 5) is 17.7. The molecule has 0 saturated carbocycles. The Bertz CT molecular complexity index is 840. The van der Waals surface area contributed by atoms with Crippen molar-refractivity contribution in [1.82, 2.24) is 20.1 Å². The minimum Gasteiger partial charge on any atom is -0.443 e. The van der Waals surface area contributed by atoms with Crippen molar-refractivity contribution in [1.29, 1.82) is 0 Å². The van der Waals surface area contributed by atoms with Gasteiger partial charge in [0.15, 0.2) is 0 Å². The second kappa shape index (κ2) is 6.24. The van der Waals surface area contributed by atoms with E-state index in [0.29, 0.717) is 23.8 Å². The number of hydrogen-bond donors (Lipinski definition) is 1. The standard InChI is InChI=1S/C17H20N4O2S/c1-17(2,3)14-8-12(21(4)20-14)15(22)18-9-11-10-23-16(19-11)13-6-5-7-24-13/h5-8,10H,9H2,1-4H3,(H,18,22). The molecule has 3 aromatic heterocycles. The predicted molar refractivity (Wildman–Crippen MR) is 92.9 cm³/mol. The lowest BCUT2D eigenvalue weighted by atomic mass is 9.92. The van der Waals surface area contributed by atoms with E-state index in [1.807, 2.05) is 23.6 Å². The topological polar surface area (TPSA) is 73.0 Å². The molecule has 1 N–H and O–H groups in total. The quantitative estimate of drug-likeness (QED) is 0.787. The van der Waals surface area contributed by atoms with Crippen LogP contribution in [-0.2, 0) is 19.0 Å². The van der Waals surface area contributed by atoms with Crippen LogP contribution in [0.3, 0.4) is 0 Å². The molecule has 0 aliphatic heterocycles. The molecule has 0 aliphatic rings. The Hall–Kier alpha value is -2.41. The van der Waals surface area contributed by atoms with Crippen molar-refractivity contribution in [2.75, 3.05) is 0 Å². The van der Waals surface area contributed by atoms with E-state index in [1.165, 1.54) is 0 Å². The number of nitrogens with zero attached hydrogens (tertiary/aromatic N) is 3. The smallest absolute Gasteiger partial charge is 0.269 e. The molecule has 7 heteroatoms. The maximum Gasteiger partial charge on any atom is 0.269 e. The zero-order valence-corrected chi connectivity index (χ0v) is 15.0. The van der Waals surface area contributed by atoms with Crippen LogP contribution in [0.2, 0.25) is 0 Å². The highest BCUT2D eigenvalue weighted by molar-refractivity contribution is 7.13. The second-order valence-corrected chi connectivity index (χ2v) is 7.54. The molecule has 0 unspecified atom stereocenters. The van der Waals surface area contributed by atoms with Gasteiger partial charge in [-0.2, -0.15) is 5.10 Å². The van der Waals surface area contributed by atoms with Crippen molar-refractivity contribution in [2.24, 2.45) is 7.05 Å². The number of amides is 1. The number of thiophene rings is 1. The van der Waals surface area contributed by atoms with E-state index in [1.54, 1.807) is 29.3 Å². The number of hydrogen-bond acceptors (Lipinski definition) is 5. The Kier molecular flexibility index (Phi) is 4.28. The van der Waals surface area contributed by atoms with E-state index in [4.69, 9.17) is 4.42 Å². The zero-order chi connectivity index (χ0) is 17.3. The number of carbonyl (C=O) groups is 1. The van der Waals surface area contributed by atoms with Crippen LogP contribution >= 0.6 is 11.3 Å². The third-order valence-electron chi connectivity index (χ3n) is 3.59. The van der Waals surface area contributed by atoms with Crippen LogP contribution in [0.25, 0.3) is 10.8 Å². The Morgan fingerprint density at radius 1 is 1.42 bits per heavy atom. The largest absolute Gasteiger partial charge is 0.443 e. The monoisotopic (exact) mass is 344 g/mol. The fourth-order valence-corrected chi connectivity index (χ4v) is 2.86. The Labute approximate surface area is 144 Å². The summed E-state index contributed by atoms with van der Waals surface area (Å²) in [6.45, 7) is 6.51. The van der Waals surface area contributed by atoms with E-state index in [9.17, 15) is 4.79 Å². The molecule has 3 heterocycles. The van der Waals surface area contributed by atoms with Crippen molar-refractivity contribution in [3.63, 3.8) is 0 Å². The van der Waals surface area contributed by atoms with Crippen LogP contribution in [-0.4, -0.2) is 20.7 Å². The minimum atomic E-state index is -0.179. The van der Waals surface area contributed by atoms with E-state index < -0.39 is 0 Å². The van der Waals surface area contributed by atoms with Crippen LogP contribution < -0.4 is 5.32 Å². The van der Waals surface area contributed by atoms with Crippen molar-refractivity contribution >= 4 is 17.2 Å². The first-order chi connectivity index (χ1) is 11.3. The number of aryl methyl sites for hydroxylation is 1. The van der Waals surface area contributed by atoms with Gasteiger partial charge in [0.25, 0.3) is 5.91 Å². The van der Waals surface area contributed by atoms with E-state index >= 15 is 0 Å². The van der Waals surface area contributed by atoms with Crippen LogP contribution in [0, 0.1) is 0 Å². The summed E-state index contributed by atoms with van der Waals surface area (Å²) in [5, 5.41) is 9.25. The van der Waals surface area contributed by atoms with E-state index in [0.717, 1.165) is 10.6 Å². The van der Waals surface area contributed by atoms with Crippen molar-refractivity contribution in [3.05, 3.63) is 46.9 Å². The highest BCUT2D eigenvalue weighted by Crippen LogP contribution is 2.24. The van der Waals surface area contributed by atoms with Gasteiger partial charge in [-0.15, -0.1) is 11.3 Å². The highest BCUT2D eigenvalue weighted by Gasteiger charge is 2.21. The molecule has 0 saturated heterocycles. The van der Waals surface area contributed by atoms with Gasteiger partial charge in [0, 0.05) is 12.5 Å². The first kappa shape index (κ1) is 16.4. The lowest BCUT2D eigenvalue weighted by Crippen LogP contribution is -2.25. The lowest BCUT2D eigenvalue weighted by molar-refractivity contribution is 0.0941. The molecule has 0 radical (unpaired) electrons. The summed E-state index contributed by atoms with van der Waals surface area (Å²) in [5.41, 5.74) is 2.00. The molecule has 0 spiro atoms. The summed E-state index contributed by atoms with van der Waals surface area (Å²) in [6, 6.07) is 5.72. The Morgan fingerprint density at radius 3 is 2.83 bits per heavy atom. The van der Waals surface area contributed by atoms with Gasteiger partial charge in [0.1, 0.15) is 12.0 Å². The summed E-state index contributed by atoms with van der Waals surface area (Å²) >= 11 is 1.56. The number of carbonyl (C=O) groups excluding carboxylic acids is 1. The van der Waals surface area contributed by atoms with Gasteiger partial charge in [-0.3, -0.25) is 9.48 Å². The van der Waals surface area contributed by atoms with Gasteiger partial charge in [-0.1, -0.05) is 26.8 Å². The molecular weight excluding hydrogens is 324 g/mol. The van der Waals surface area contributed by atoms with Gasteiger partial charge >= 0.3 is 0 Å². The molecule has 3 rings (SSSR count). The van der Waals surface area contributed by atoms with Crippen molar-refractivity contribution in [2.45, 2.75) is 32.7 Å². The molecule has 126 valence electrons. The maximum atomic E-state index is 12.4. The molecule has 0 fully saturated rings. The van der Waals surface area contributed by atoms with Gasteiger partial charge < -0.3 is 9.73 Å². The molecule has 0 aliphatic carbocycles. The third kappa shape index (κ3) is 3.41. The minimum absolute atomic E-state index is 0.0992. The number of oxazole rings is 1. The number of rotatable bonds is 4. The molecule has 0 bridgehead atoms. The van der Waals surface area contributed by atoms with Gasteiger partial charge in [-0.05, 0) is 17.5 Å². The Balaban J connectivity index is 1.67. The molecule has 0 atom stereocenters. The van der Waals surface area contributed by atoms with Gasteiger partial charge in [0.05, 0.1) is 22.8 Å². The average Bonchev–Trinajstić information content (AvgIpc) is 3.23. The van der Waals surface area contributed by atoms with Crippen LogP contribution in [0.15, 0.2) is 34.3 Å². The maximum absolute atomic E-state index is 12.4.